The van der Waals surface area contributed by atoms with Crippen molar-refractivity contribution in [3.05, 3.63) is 58.1 Å². The van der Waals surface area contributed by atoms with E-state index in [0.717, 1.165) is 25.7 Å². The second-order valence-corrected chi connectivity index (χ2v) is 15.3. The van der Waals surface area contributed by atoms with Crippen molar-refractivity contribution >= 4 is 32.4 Å². The summed E-state index contributed by atoms with van der Waals surface area (Å²) in [5.74, 6) is -3.25. The zero-order chi connectivity index (χ0) is 32.5. The van der Waals surface area contributed by atoms with E-state index in [1.807, 2.05) is 17.9 Å². The molecular weight excluding hydrogens is 614 g/mol. The number of alkyl halides is 2. The normalized spacial score (nSPS) is 27.2. The van der Waals surface area contributed by atoms with Gasteiger partial charge < -0.3 is 19.9 Å². The molecule has 13 heteroatoms. The molecule has 10 nitrogen and oxygen atoms in total. The van der Waals surface area contributed by atoms with Crippen LogP contribution in [0, 0.1) is 5.92 Å². The molecule has 2 atom stereocenters. The number of hydrogen-bond acceptors (Lipinski definition) is 9. The maximum Gasteiger partial charge on any atom is 0.276 e. The largest absolute Gasteiger partial charge is 0.380 e. The molecule has 3 aromatic rings. The summed E-state index contributed by atoms with van der Waals surface area (Å²) in [6.45, 7) is 4.75. The Labute approximate surface area is 269 Å². The highest BCUT2D eigenvalue weighted by molar-refractivity contribution is 7.91. The highest BCUT2D eigenvalue weighted by Crippen LogP contribution is 2.42. The smallest absolute Gasteiger partial charge is 0.276 e. The number of fused-ring (bicyclic) bond motifs is 9. The molecule has 2 aromatic heterocycles. The minimum Gasteiger partial charge on any atom is -0.380 e. The first-order valence-electron chi connectivity index (χ1n) is 16.4. The number of ether oxygens (including phenoxy) is 1. The van der Waals surface area contributed by atoms with E-state index in [1.165, 1.54) is 12.4 Å². The Balaban J connectivity index is 1.39. The Kier molecular flexibility index (Phi) is 9.63. The fraction of sp³-hybridized carbons (Fsp3) is 0.606. The van der Waals surface area contributed by atoms with Crippen molar-refractivity contribution in [3.63, 3.8) is 0 Å². The van der Waals surface area contributed by atoms with Crippen LogP contribution in [-0.2, 0) is 27.0 Å². The van der Waals surface area contributed by atoms with Gasteiger partial charge in [-0.1, -0.05) is 31.0 Å². The van der Waals surface area contributed by atoms with Gasteiger partial charge in [0.15, 0.2) is 9.84 Å². The van der Waals surface area contributed by atoms with Crippen LogP contribution in [0.4, 0.5) is 20.3 Å². The van der Waals surface area contributed by atoms with Crippen molar-refractivity contribution < 1.29 is 21.9 Å². The summed E-state index contributed by atoms with van der Waals surface area (Å²) in [5.41, 5.74) is 1.40. The van der Waals surface area contributed by atoms with Crippen LogP contribution >= 0.6 is 0 Å². The number of anilines is 2. The van der Waals surface area contributed by atoms with E-state index in [4.69, 9.17) is 4.74 Å². The molecule has 4 aliphatic rings. The number of pyridine rings is 1. The van der Waals surface area contributed by atoms with Crippen LogP contribution < -0.4 is 15.8 Å². The van der Waals surface area contributed by atoms with Gasteiger partial charge in [0.05, 0.1) is 23.0 Å². The molecule has 0 unspecified atom stereocenters. The van der Waals surface area contributed by atoms with Gasteiger partial charge in [-0.25, -0.2) is 27.2 Å². The lowest BCUT2D eigenvalue weighted by atomic mass is 9.85. The van der Waals surface area contributed by atoms with Crippen LogP contribution in [0.15, 0.2) is 41.5 Å². The van der Waals surface area contributed by atoms with Gasteiger partial charge in [-0.15, -0.1) is 0 Å². The third-order valence-electron chi connectivity index (χ3n) is 9.98. The fourth-order valence-corrected chi connectivity index (χ4v) is 8.28. The van der Waals surface area contributed by atoms with Crippen molar-refractivity contribution in [2.75, 3.05) is 61.6 Å². The van der Waals surface area contributed by atoms with Gasteiger partial charge in [-0.2, -0.15) is 0 Å². The van der Waals surface area contributed by atoms with Crippen molar-refractivity contribution in [1.82, 2.24) is 19.4 Å². The molecule has 2 saturated heterocycles. The number of aryl methyl sites for hydroxylation is 1. The second-order valence-electron chi connectivity index (χ2n) is 13.0. The molecular formula is C33H44F2N6O4S. The number of benzene rings is 1. The summed E-state index contributed by atoms with van der Waals surface area (Å²) < 4.78 is 63.7. The fourth-order valence-electron chi connectivity index (χ4n) is 7.08. The first kappa shape index (κ1) is 32.8. The average Bonchev–Trinajstić information content (AvgIpc) is 3.05. The maximum absolute atomic E-state index is 15.9. The molecule has 0 spiro atoms. The lowest BCUT2D eigenvalue weighted by Gasteiger charge is -2.37. The number of hydrogen-bond donors (Lipinski definition) is 1. The van der Waals surface area contributed by atoms with Gasteiger partial charge in [-0.05, 0) is 63.4 Å². The first-order valence-corrected chi connectivity index (χ1v) is 18.2. The summed E-state index contributed by atoms with van der Waals surface area (Å²) in [7, 11) is -1.44. The lowest BCUT2D eigenvalue weighted by molar-refractivity contribution is -0.0882. The number of nitrogens with one attached hydrogen (secondary N) is 1. The second kappa shape index (κ2) is 13.5. The van der Waals surface area contributed by atoms with Gasteiger partial charge in [0.1, 0.15) is 23.5 Å². The SMILES string of the molecule is CO[C@@H]1CCCCCn2c(=O)c(N3CCS(=O)(=O)CC3)cc3c(ncnc32)N[C@H](C)c2cccc(c2)C(F)(F)C2CCN(CC2)C1. The van der Waals surface area contributed by atoms with E-state index >= 15 is 8.78 Å². The predicted octanol–water partition coefficient (Wildman–Crippen LogP) is 4.59. The Morgan fingerprint density at radius 2 is 1.74 bits per heavy atom. The van der Waals surface area contributed by atoms with Gasteiger partial charge in [-0.3, -0.25) is 9.36 Å². The quantitative estimate of drug-likeness (QED) is 0.423. The van der Waals surface area contributed by atoms with Crippen LogP contribution in [-0.4, -0.2) is 85.3 Å². The Bertz CT molecular complexity index is 1700. The van der Waals surface area contributed by atoms with E-state index in [0.29, 0.717) is 67.1 Å². The molecule has 0 aliphatic carbocycles. The lowest BCUT2D eigenvalue weighted by Crippen LogP contribution is -2.43. The monoisotopic (exact) mass is 658 g/mol. The van der Waals surface area contributed by atoms with Crippen molar-refractivity contribution in [2.45, 2.75) is 70.1 Å². The summed E-state index contributed by atoms with van der Waals surface area (Å²) in [5, 5.41) is 4.03. The van der Waals surface area contributed by atoms with Gasteiger partial charge in [0.2, 0.25) is 0 Å². The number of aromatic nitrogens is 3. The standard InChI is InChI=1S/C33H44F2N6O4S/c1-23-24-7-6-8-26(19-24)33(34,35)25-10-13-39(14-11-25)21-27(45-2)9-4-3-5-12-41-31-28(30(38-23)36-22-37-31)20-29(32(41)42)40-15-17-46(43,44)18-16-40/h6-8,19-20,22-23,25,27H,3-5,9-18,21H2,1-2H3,(H,36,37,38)/t23-,27-/m1/s1. The molecule has 1 N–H and O–H groups in total. The van der Waals surface area contributed by atoms with E-state index in [2.05, 4.69) is 20.2 Å². The third kappa shape index (κ3) is 6.91. The van der Waals surface area contributed by atoms with Crippen LogP contribution in [0.5, 0.6) is 0 Å². The summed E-state index contributed by atoms with van der Waals surface area (Å²) >= 11 is 0. The maximum atomic E-state index is 15.9. The Morgan fingerprint density at radius 1 is 0.978 bits per heavy atom. The van der Waals surface area contributed by atoms with Gasteiger partial charge >= 0.3 is 0 Å². The molecule has 6 heterocycles. The third-order valence-corrected chi connectivity index (χ3v) is 11.6. The Morgan fingerprint density at radius 3 is 2.48 bits per heavy atom. The number of rotatable bonds is 2. The number of nitrogens with zero attached hydrogens (tertiary/aromatic N) is 5. The molecule has 0 radical (unpaired) electrons. The highest BCUT2D eigenvalue weighted by atomic mass is 32.2. The molecule has 8 bridgehead atoms. The minimum absolute atomic E-state index is 0.00738. The molecule has 250 valence electrons. The van der Waals surface area contributed by atoms with E-state index in [9.17, 15) is 13.2 Å². The molecule has 0 amide bonds. The average molecular weight is 659 g/mol. The van der Waals surface area contributed by atoms with E-state index < -0.39 is 21.7 Å². The van der Waals surface area contributed by atoms with Crippen molar-refractivity contribution in [3.8, 4) is 0 Å². The predicted molar refractivity (Wildman–Crippen MR) is 175 cm³/mol. The molecule has 2 fully saturated rings. The number of methoxy groups -OCH3 is 1. The zero-order valence-electron chi connectivity index (χ0n) is 26.6. The van der Waals surface area contributed by atoms with Crippen LogP contribution in [0.2, 0.25) is 0 Å². The number of sulfone groups is 1. The summed E-state index contributed by atoms with van der Waals surface area (Å²) in [4.78, 5) is 27.1. The first-order chi connectivity index (χ1) is 22.1. The van der Waals surface area contributed by atoms with Gasteiger partial charge in [0.25, 0.3) is 11.5 Å². The minimum atomic E-state index is -3.15. The summed E-state index contributed by atoms with van der Waals surface area (Å²) in [6, 6.07) is 7.99. The Hall–Kier alpha value is -3.16. The van der Waals surface area contributed by atoms with Crippen LogP contribution in [0.1, 0.15) is 62.6 Å². The summed E-state index contributed by atoms with van der Waals surface area (Å²) in [6.07, 6.45) is 5.63. The van der Waals surface area contributed by atoms with Crippen molar-refractivity contribution in [2.24, 2.45) is 5.92 Å². The van der Waals surface area contributed by atoms with Crippen molar-refractivity contribution in [1.29, 1.82) is 0 Å². The number of piperidine rings is 1. The van der Waals surface area contributed by atoms with Crippen LogP contribution in [0.25, 0.3) is 11.0 Å². The highest BCUT2D eigenvalue weighted by Gasteiger charge is 2.43. The molecule has 4 aliphatic heterocycles. The topological polar surface area (TPSA) is 110 Å². The zero-order valence-corrected chi connectivity index (χ0v) is 27.4. The molecule has 1 aromatic carbocycles. The van der Waals surface area contributed by atoms with Crippen LogP contribution in [0.3, 0.4) is 0 Å². The molecule has 0 saturated carbocycles. The molecule has 46 heavy (non-hydrogen) atoms. The number of halogens is 2. The van der Waals surface area contributed by atoms with E-state index in [-0.39, 0.29) is 47.9 Å². The van der Waals surface area contributed by atoms with Gasteiger partial charge in [0, 0.05) is 50.8 Å². The van der Waals surface area contributed by atoms with E-state index in [1.54, 1.807) is 29.9 Å². The molecule has 7 rings (SSSR count).